The second kappa shape index (κ2) is 6.27. The first kappa shape index (κ1) is 12.7. The molecule has 0 radical (unpaired) electrons. The third-order valence-corrected chi connectivity index (χ3v) is 2.90. The Kier molecular flexibility index (Phi) is 4.98. The largest absolute Gasteiger partial charge is 0.354 e. The normalized spacial score (nSPS) is 11.9. The molecule has 1 heterocycles. The molecule has 88 valence electrons. The van der Waals surface area contributed by atoms with E-state index >= 15 is 0 Å². The van der Waals surface area contributed by atoms with Crippen LogP contribution in [0.15, 0.2) is 17.5 Å². The van der Waals surface area contributed by atoms with Crippen molar-refractivity contribution in [2.24, 2.45) is 0 Å². The zero-order valence-corrected chi connectivity index (χ0v) is 10.3. The molecule has 1 rings (SSSR count). The molecule has 1 aromatic heterocycles. The number of rotatable bonds is 5. The Balaban J connectivity index is 2.42. The first-order valence-corrected chi connectivity index (χ1v) is 6.15. The van der Waals surface area contributed by atoms with Crippen LogP contribution < -0.4 is 10.6 Å². The van der Waals surface area contributed by atoms with Crippen molar-refractivity contribution in [3.63, 3.8) is 0 Å². The van der Waals surface area contributed by atoms with Crippen LogP contribution in [0, 0.1) is 0 Å². The molecule has 1 unspecified atom stereocenters. The smallest absolute Gasteiger partial charge is 0.261 e. The second-order valence-corrected chi connectivity index (χ2v) is 4.41. The van der Waals surface area contributed by atoms with Gasteiger partial charge in [0, 0.05) is 6.54 Å². The molecular weight excluding hydrogens is 224 g/mol. The van der Waals surface area contributed by atoms with Gasteiger partial charge in [0.2, 0.25) is 5.91 Å². The minimum Gasteiger partial charge on any atom is -0.354 e. The van der Waals surface area contributed by atoms with E-state index in [1.807, 2.05) is 12.3 Å². The summed E-state index contributed by atoms with van der Waals surface area (Å²) in [6, 6.07) is 3.04. The Hall–Kier alpha value is -1.36. The molecule has 0 saturated heterocycles. The van der Waals surface area contributed by atoms with Gasteiger partial charge >= 0.3 is 0 Å². The van der Waals surface area contributed by atoms with Crippen LogP contribution in [0.1, 0.15) is 29.9 Å². The Morgan fingerprint density at radius 1 is 1.50 bits per heavy atom. The van der Waals surface area contributed by atoms with Gasteiger partial charge in [-0.05, 0) is 24.8 Å². The SMILES string of the molecule is CCCNC(=O)C(C)NC(=O)c1cccs1. The summed E-state index contributed by atoms with van der Waals surface area (Å²) in [4.78, 5) is 23.7. The number of carbonyl (C=O) groups is 2. The first-order valence-electron chi connectivity index (χ1n) is 5.27. The Bertz CT molecular complexity index is 349. The maximum atomic E-state index is 11.6. The zero-order chi connectivity index (χ0) is 12.0. The lowest BCUT2D eigenvalue weighted by molar-refractivity contribution is -0.122. The van der Waals surface area contributed by atoms with E-state index in [4.69, 9.17) is 0 Å². The maximum Gasteiger partial charge on any atom is 0.261 e. The number of amides is 2. The third-order valence-electron chi connectivity index (χ3n) is 2.04. The molecule has 0 bridgehead atoms. The van der Waals surface area contributed by atoms with Gasteiger partial charge in [0.1, 0.15) is 6.04 Å². The van der Waals surface area contributed by atoms with E-state index in [0.29, 0.717) is 11.4 Å². The van der Waals surface area contributed by atoms with Crippen molar-refractivity contribution < 1.29 is 9.59 Å². The Labute approximate surface area is 99.0 Å². The van der Waals surface area contributed by atoms with Gasteiger partial charge in [0.05, 0.1) is 4.88 Å². The van der Waals surface area contributed by atoms with Gasteiger partial charge < -0.3 is 10.6 Å². The van der Waals surface area contributed by atoms with Crippen LogP contribution in [0.5, 0.6) is 0 Å². The van der Waals surface area contributed by atoms with E-state index in [9.17, 15) is 9.59 Å². The predicted octanol–water partition coefficient (Wildman–Crippen LogP) is 1.39. The molecule has 0 aliphatic carbocycles. The number of nitrogens with one attached hydrogen (secondary N) is 2. The number of hydrogen-bond donors (Lipinski definition) is 2. The van der Waals surface area contributed by atoms with Crippen molar-refractivity contribution in [2.75, 3.05) is 6.54 Å². The molecule has 0 aliphatic heterocycles. The fourth-order valence-electron chi connectivity index (χ4n) is 1.14. The van der Waals surface area contributed by atoms with Crippen LogP contribution in [0.25, 0.3) is 0 Å². The molecule has 1 atom stereocenters. The highest BCUT2D eigenvalue weighted by Gasteiger charge is 2.16. The standard InChI is InChI=1S/C11H16N2O2S/c1-3-6-12-10(14)8(2)13-11(15)9-5-4-7-16-9/h4-5,7-8H,3,6H2,1-2H3,(H,12,14)(H,13,15). The van der Waals surface area contributed by atoms with E-state index in [0.717, 1.165) is 6.42 Å². The summed E-state index contributed by atoms with van der Waals surface area (Å²) in [6.07, 6.45) is 0.886. The van der Waals surface area contributed by atoms with Gasteiger partial charge in [-0.25, -0.2) is 0 Å². The Morgan fingerprint density at radius 2 is 2.25 bits per heavy atom. The summed E-state index contributed by atoms with van der Waals surface area (Å²) in [5.74, 6) is -0.346. The molecular formula is C11H16N2O2S. The van der Waals surface area contributed by atoms with Crippen molar-refractivity contribution in [3.8, 4) is 0 Å². The van der Waals surface area contributed by atoms with E-state index in [1.165, 1.54) is 11.3 Å². The molecule has 0 saturated carbocycles. The fraction of sp³-hybridized carbons (Fsp3) is 0.455. The fourth-order valence-corrected chi connectivity index (χ4v) is 1.77. The minimum atomic E-state index is -0.499. The Morgan fingerprint density at radius 3 is 2.81 bits per heavy atom. The molecule has 2 N–H and O–H groups in total. The van der Waals surface area contributed by atoms with Gasteiger partial charge in [-0.3, -0.25) is 9.59 Å². The number of hydrogen-bond acceptors (Lipinski definition) is 3. The highest BCUT2D eigenvalue weighted by atomic mass is 32.1. The quantitative estimate of drug-likeness (QED) is 0.817. The third kappa shape index (κ3) is 3.66. The van der Waals surface area contributed by atoms with Gasteiger partial charge in [-0.1, -0.05) is 13.0 Å². The summed E-state index contributed by atoms with van der Waals surface area (Å²) in [5.41, 5.74) is 0. The molecule has 2 amide bonds. The predicted molar refractivity (Wildman–Crippen MR) is 64.5 cm³/mol. The maximum absolute atomic E-state index is 11.6. The minimum absolute atomic E-state index is 0.147. The zero-order valence-electron chi connectivity index (χ0n) is 9.45. The van der Waals surface area contributed by atoms with Crippen LogP contribution in [0.2, 0.25) is 0 Å². The average Bonchev–Trinajstić information content (AvgIpc) is 2.79. The summed E-state index contributed by atoms with van der Waals surface area (Å²) < 4.78 is 0. The summed E-state index contributed by atoms with van der Waals surface area (Å²) in [6.45, 7) is 4.30. The molecule has 0 aliphatic rings. The lowest BCUT2D eigenvalue weighted by atomic mass is 10.3. The molecule has 1 aromatic rings. The average molecular weight is 240 g/mol. The van der Waals surface area contributed by atoms with Gasteiger partial charge in [-0.2, -0.15) is 0 Å². The summed E-state index contributed by atoms with van der Waals surface area (Å²) in [7, 11) is 0. The molecule has 16 heavy (non-hydrogen) atoms. The number of thiophene rings is 1. The second-order valence-electron chi connectivity index (χ2n) is 3.46. The van der Waals surface area contributed by atoms with Crippen molar-refractivity contribution in [2.45, 2.75) is 26.3 Å². The van der Waals surface area contributed by atoms with Gasteiger partial charge in [-0.15, -0.1) is 11.3 Å². The number of carbonyl (C=O) groups excluding carboxylic acids is 2. The van der Waals surface area contributed by atoms with Crippen molar-refractivity contribution in [1.29, 1.82) is 0 Å². The van der Waals surface area contributed by atoms with E-state index in [1.54, 1.807) is 19.1 Å². The molecule has 0 aromatic carbocycles. The summed E-state index contributed by atoms with van der Waals surface area (Å²) in [5, 5.41) is 7.21. The van der Waals surface area contributed by atoms with E-state index in [-0.39, 0.29) is 11.8 Å². The van der Waals surface area contributed by atoms with Crippen LogP contribution in [0.4, 0.5) is 0 Å². The first-order chi connectivity index (χ1) is 7.65. The van der Waals surface area contributed by atoms with E-state index in [2.05, 4.69) is 10.6 Å². The lowest BCUT2D eigenvalue weighted by Gasteiger charge is -2.12. The highest BCUT2D eigenvalue weighted by molar-refractivity contribution is 7.12. The molecule has 0 fully saturated rings. The van der Waals surface area contributed by atoms with Crippen molar-refractivity contribution >= 4 is 23.2 Å². The molecule has 4 nitrogen and oxygen atoms in total. The van der Waals surface area contributed by atoms with Gasteiger partial charge in [0.15, 0.2) is 0 Å². The topological polar surface area (TPSA) is 58.2 Å². The lowest BCUT2D eigenvalue weighted by Crippen LogP contribution is -2.44. The molecule has 0 spiro atoms. The van der Waals surface area contributed by atoms with E-state index < -0.39 is 6.04 Å². The van der Waals surface area contributed by atoms with Crippen LogP contribution in [0.3, 0.4) is 0 Å². The van der Waals surface area contributed by atoms with Crippen LogP contribution >= 0.6 is 11.3 Å². The van der Waals surface area contributed by atoms with Crippen LogP contribution in [-0.2, 0) is 4.79 Å². The van der Waals surface area contributed by atoms with Crippen LogP contribution in [-0.4, -0.2) is 24.4 Å². The summed E-state index contributed by atoms with van der Waals surface area (Å²) >= 11 is 1.36. The highest BCUT2D eigenvalue weighted by Crippen LogP contribution is 2.07. The molecule has 5 heteroatoms. The van der Waals surface area contributed by atoms with Crippen molar-refractivity contribution in [1.82, 2.24) is 10.6 Å². The van der Waals surface area contributed by atoms with Crippen molar-refractivity contribution in [3.05, 3.63) is 22.4 Å². The van der Waals surface area contributed by atoms with Gasteiger partial charge in [0.25, 0.3) is 5.91 Å². The monoisotopic (exact) mass is 240 g/mol.